The molecule has 0 amide bonds. The number of hydrogen-bond donors (Lipinski definition) is 2. The van der Waals surface area contributed by atoms with Gasteiger partial charge in [0.2, 0.25) is 0 Å². The van der Waals surface area contributed by atoms with Gasteiger partial charge in [0, 0.05) is 25.6 Å². The highest BCUT2D eigenvalue weighted by molar-refractivity contribution is 5.85. The number of nitrogens with one attached hydrogen (secondary N) is 2. The largest absolute Gasteiger partial charge is 0.356 e. The molecule has 0 aliphatic carbocycles. The van der Waals surface area contributed by atoms with Gasteiger partial charge < -0.3 is 10.6 Å². The van der Waals surface area contributed by atoms with Crippen molar-refractivity contribution in [1.82, 2.24) is 10.6 Å². The average molecular weight is 316 g/mol. The van der Waals surface area contributed by atoms with Gasteiger partial charge in [-0.15, -0.1) is 12.4 Å². The number of benzene rings is 2. The second kappa shape index (κ2) is 8.44. The molecule has 1 aliphatic heterocycles. The van der Waals surface area contributed by atoms with Crippen molar-refractivity contribution in [3.63, 3.8) is 0 Å². The number of hydrogen-bond acceptors (Lipinski definition) is 3. The van der Waals surface area contributed by atoms with Crippen molar-refractivity contribution in [2.45, 2.75) is 12.3 Å². The Morgan fingerprint density at radius 1 is 0.955 bits per heavy atom. The Labute approximate surface area is 138 Å². The van der Waals surface area contributed by atoms with Crippen molar-refractivity contribution in [3.8, 4) is 0 Å². The summed E-state index contributed by atoms with van der Waals surface area (Å²) in [5, 5.41) is 6.77. The van der Waals surface area contributed by atoms with E-state index in [4.69, 9.17) is 0 Å². The van der Waals surface area contributed by atoms with Gasteiger partial charge in [-0.3, -0.25) is 4.99 Å². The van der Waals surface area contributed by atoms with Gasteiger partial charge in [-0.1, -0.05) is 60.7 Å². The second-order valence-electron chi connectivity index (χ2n) is 5.27. The standard InChI is InChI=1S/C18H21N3.ClH/c1-3-8-15(9-4-1)17(16-10-5-2-6-11-16)14-21-18-19-12-7-13-20-18;/h1-6,8-11,17H,7,12-14H2,(H2,19,20,21);1H. The fourth-order valence-electron chi connectivity index (χ4n) is 2.65. The van der Waals surface area contributed by atoms with Crippen LogP contribution in [0, 0.1) is 0 Å². The Morgan fingerprint density at radius 2 is 1.55 bits per heavy atom. The van der Waals surface area contributed by atoms with Gasteiger partial charge in [-0.25, -0.2) is 0 Å². The number of nitrogens with zero attached hydrogens (tertiary/aromatic N) is 1. The zero-order valence-electron chi connectivity index (χ0n) is 12.5. The van der Waals surface area contributed by atoms with Crippen LogP contribution in [0.15, 0.2) is 65.7 Å². The fraction of sp³-hybridized carbons (Fsp3) is 0.278. The quantitative estimate of drug-likeness (QED) is 0.909. The molecule has 22 heavy (non-hydrogen) atoms. The highest BCUT2D eigenvalue weighted by atomic mass is 35.5. The van der Waals surface area contributed by atoms with E-state index in [1.54, 1.807) is 0 Å². The van der Waals surface area contributed by atoms with Crippen molar-refractivity contribution in [2.75, 3.05) is 19.6 Å². The Bertz CT molecular complexity index is 544. The van der Waals surface area contributed by atoms with E-state index in [0.29, 0.717) is 5.92 Å². The fourth-order valence-corrected chi connectivity index (χ4v) is 2.65. The summed E-state index contributed by atoms with van der Waals surface area (Å²) in [5.74, 6) is 1.26. The van der Waals surface area contributed by atoms with E-state index in [1.807, 2.05) is 0 Å². The maximum Gasteiger partial charge on any atom is 0.191 e. The van der Waals surface area contributed by atoms with Crippen LogP contribution in [0.3, 0.4) is 0 Å². The molecule has 1 aliphatic rings. The first-order chi connectivity index (χ1) is 10.4. The van der Waals surface area contributed by atoms with E-state index in [9.17, 15) is 0 Å². The maximum absolute atomic E-state index is 4.48. The van der Waals surface area contributed by atoms with Crippen molar-refractivity contribution in [3.05, 3.63) is 71.8 Å². The number of aliphatic imine (C=N–C) groups is 1. The van der Waals surface area contributed by atoms with Gasteiger partial charge in [-0.2, -0.15) is 0 Å². The van der Waals surface area contributed by atoms with E-state index in [2.05, 4.69) is 76.3 Å². The number of halogens is 1. The molecule has 2 N–H and O–H groups in total. The molecular weight excluding hydrogens is 294 g/mol. The lowest BCUT2D eigenvalue weighted by Crippen LogP contribution is -2.42. The number of rotatable bonds is 4. The molecule has 0 saturated heterocycles. The van der Waals surface area contributed by atoms with Crippen LogP contribution in [-0.4, -0.2) is 25.6 Å². The summed E-state index contributed by atoms with van der Waals surface area (Å²) in [6.07, 6.45) is 1.12. The van der Waals surface area contributed by atoms with Crippen molar-refractivity contribution in [2.24, 2.45) is 4.99 Å². The molecule has 0 fully saturated rings. The molecule has 4 heteroatoms. The zero-order valence-corrected chi connectivity index (χ0v) is 13.4. The molecule has 2 aromatic rings. The zero-order chi connectivity index (χ0) is 14.3. The van der Waals surface area contributed by atoms with E-state index in [1.165, 1.54) is 11.1 Å². The third-order valence-electron chi connectivity index (χ3n) is 3.77. The molecular formula is C18H22ClN3. The van der Waals surface area contributed by atoms with Crippen LogP contribution in [0.4, 0.5) is 0 Å². The Balaban J connectivity index is 0.00000176. The minimum atomic E-state index is 0. The maximum atomic E-state index is 4.48. The van der Waals surface area contributed by atoms with E-state index < -0.39 is 0 Å². The van der Waals surface area contributed by atoms with Crippen molar-refractivity contribution >= 4 is 18.4 Å². The molecule has 0 spiro atoms. The monoisotopic (exact) mass is 315 g/mol. The van der Waals surface area contributed by atoms with Crippen LogP contribution in [0.2, 0.25) is 0 Å². The summed E-state index contributed by atoms with van der Waals surface area (Å²) in [6.45, 7) is 2.77. The molecule has 2 aromatic carbocycles. The summed E-state index contributed by atoms with van der Waals surface area (Å²) in [4.78, 5) is 4.48. The normalized spacial score (nSPS) is 13.8. The Kier molecular flexibility index (Phi) is 6.28. The summed E-state index contributed by atoms with van der Waals surface area (Å²) in [7, 11) is 0. The molecule has 0 saturated carbocycles. The molecule has 0 bridgehead atoms. The van der Waals surface area contributed by atoms with E-state index in [0.717, 1.165) is 32.0 Å². The minimum absolute atomic E-state index is 0. The third-order valence-corrected chi connectivity index (χ3v) is 3.77. The minimum Gasteiger partial charge on any atom is -0.356 e. The smallest absolute Gasteiger partial charge is 0.191 e. The highest BCUT2D eigenvalue weighted by Crippen LogP contribution is 2.23. The van der Waals surface area contributed by atoms with Crippen LogP contribution in [-0.2, 0) is 0 Å². The number of guanidine groups is 1. The van der Waals surface area contributed by atoms with Crippen LogP contribution < -0.4 is 10.6 Å². The molecule has 0 unspecified atom stereocenters. The first-order valence-electron chi connectivity index (χ1n) is 7.55. The van der Waals surface area contributed by atoms with Crippen LogP contribution in [0.25, 0.3) is 0 Å². The van der Waals surface area contributed by atoms with Crippen molar-refractivity contribution < 1.29 is 0 Å². The van der Waals surface area contributed by atoms with Gasteiger partial charge in [0.15, 0.2) is 5.96 Å². The van der Waals surface area contributed by atoms with Crippen molar-refractivity contribution in [1.29, 1.82) is 0 Å². The molecule has 0 aromatic heterocycles. The molecule has 1 heterocycles. The summed E-state index contributed by atoms with van der Waals surface area (Å²) in [5.41, 5.74) is 2.65. The van der Waals surface area contributed by atoms with E-state index >= 15 is 0 Å². The molecule has 0 radical (unpaired) electrons. The lowest BCUT2D eigenvalue weighted by atomic mass is 9.91. The van der Waals surface area contributed by atoms with Crippen LogP contribution >= 0.6 is 12.4 Å². The first kappa shape index (κ1) is 16.4. The SMILES string of the molecule is Cl.c1ccc(C(CNC2=NCCCN2)c2ccccc2)cc1. The average Bonchev–Trinajstić information content (AvgIpc) is 2.58. The Morgan fingerprint density at radius 3 is 2.05 bits per heavy atom. The lowest BCUT2D eigenvalue weighted by molar-refractivity contribution is 0.679. The van der Waals surface area contributed by atoms with Gasteiger partial charge in [0.25, 0.3) is 0 Å². The lowest BCUT2D eigenvalue weighted by Gasteiger charge is -2.22. The highest BCUT2D eigenvalue weighted by Gasteiger charge is 2.14. The van der Waals surface area contributed by atoms with Crippen LogP contribution in [0.5, 0.6) is 0 Å². The van der Waals surface area contributed by atoms with Gasteiger partial charge >= 0.3 is 0 Å². The molecule has 3 nitrogen and oxygen atoms in total. The molecule has 0 atom stereocenters. The Hall–Kier alpha value is -2.00. The van der Waals surface area contributed by atoms with Gasteiger partial charge in [-0.05, 0) is 17.5 Å². The van der Waals surface area contributed by atoms with E-state index in [-0.39, 0.29) is 12.4 Å². The first-order valence-corrected chi connectivity index (χ1v) is 7.55. The third kappa shape index (κ3) is 4.25. The predicted octanol–water partition coefficient (Wildman–Crippen LogP) is 3.18. The summed E-state index contributed by atoms with van der Waals surface area (Å²) < 4.78 is 0. The molecule has 116 valence electrons. The second-order valence-corrected chi connectivity index (χ2v) is 5.27. The van der Waals surface area contributed by atoms with Gasteiger partial charge in [0.05, 0.1) is 0 Å². The van der Waals surface area contributed by atoms with Gasteiger partial charge in [0.1, 0.15) is 0 Å². The summed E-state index contributed by atoms with van der Waals surface area (Å²) in [6, 6.07) is 21.3. The topological polar surface area (TPSA) is 36.4 Å². The van der Waals surface area contributed by atoms with Crippen LogP contribution in [0.1, 0.15) is 23.5 Å². The predicted molar refractivity (Wildman–Crippen MR) is 94.9 cm³/mol. The summed E-state index contributed by atoms with van der Waals surface area (Å²) >= 11 is 0. The molecule has 3 rings (SSSR count).